The normalized spacial score (nSPS) is 23.9. The van der Waals surface area contributed by atoms with Crippen molar-refractivity contribution in [1.29, 1.82) is 5.26 Å². The molecule has 2 aromatic rings. The lowest BCUT2D eigenvalue weighted by Crippen LogP contribution is -2.48. The third-order valence-electron chi connectivity index (χ3n) is 5.52. The Morgan fingerprint density at radius 1 is 1.28 bits per heavy atom. The largest absolute Gasteiger partial charge is 0.459 e. The molecule has 0 aliphatic carbocycles. The van der Waals surface area contributed by atoms with Gasteiger partial charge in [0.15, 0.2) is 0 Å². The first-order chi connectivity index (χ1) is 13.0. The number of nitriles is 1. The van der Waals surface area contributed by atoms with Crippen LogP contribution in [0, 0.1) is 11.3 Å². The average Bonchev–Trinajstić information content (AvgIpc) is 3.04. The number of benzene rings is 1. The molecule has 29 heavy (non-hydrogen) atoms. The highest BCUT2D eigenvalue weighted by molar-refractivity contribution is 7.88. The van der Waals surface area contributed by atoms with Crippen LogP contribution in [0.2, 0.25) is 0 Å². The van der Waals surface area contributed by atoms with Gasteiger partial charge in [-0.3, -0.25) is 4.90 Å². The van der Waals surface area contributed by atoms with E-state index in [1.807, 2.05) is 24.3 Å². The maximum absolute atomic E-state index is 11.2. The summed E-state index contributed by atoms with van der Waals surface area (Å²) in [6, 6.07) is 10.8. The van der Waals surface area contributed by atoms with E-state index in [-0.39, 0.29) is 36.8 Å². The molecular formula is C19H26Cl2N4O3S. The summed E-state index contributed by atoms with van der Waals surface area (Å²) in [5.41, 5.74) is 1.89. The summed E-state index contributed by atoms with van der Waals surface area (Å²) in [6.45, 7) is 2.62. The standard InChI is InChI=1S/C19H24N4O3S.2ClH/c1-27(24,25)22-8-7-21-14-6-9-23-12-13(11-20)18-15-4-2-3-5-17(15)26-19(18)16(23)10-14;;/h2-5,13-14,16,21-22H,6-10,12H2,1H3;2*1H/t13?,14-,16+;;/m1../s1. The molecule has 4 rings (SSSR count). The Bertz CT molecular complexity index is 989. The highest BCUT2D eigenvalue weighted by Gasteiger charge is 2.41. The first-order valence-corrected chi connectivity index (χ1v) is 11.2. The summed E-state index contributed by atoms with van der Waals surface area (Å²) in [5.74, 6) is 0.762. The van der Waals surface area contributed by atoms with Crippen molar-refractivity contribution in [2.75, 3.05) is 32.4 Å². The number of furan rings is 1. The minimum absolute atomic E-state index is 0. The van der Waals surface area contributed by atoms with Crippen LogP contribution in [0.5, 0.6) is 0 Å². The SMILES string of the molecule is CS(=O)(=O)NCCN[C@@H]1CCN2CC(C#N)c3c(oc4ccccc34)[C@@H]2C1.Cl.Cl. The number of hydrogen-bond acceptors (Lipinski definition) is 6. The van der Waals surface area contributed by atoms with E-state index in [9.17, 15) is 13.7 Å². The molecule has 1 aromatic heterocycles. The van der Waals surface area contributed by atoms with Gasteiger partial charge in [-0.25, -0.2) is 13.1 Å². The predicted octanol–water partition coefficient (Wildman–Crippen LogP) is 2.54. The summed E-state index contributed by atoms with van der Waals surface area (Å²) >= 11 is 0. The Hall–Kier alpha value is -1.34. The zero-order valence-corrected chi connectivity index (χ0v) is 18.6. The number of fused-ring (bicyclic) bond motifs is 5. The Kier molecular flexibility index (Phi) is 7.96. The van der Waals surface area contributed by atoms with Crippen LogP contribution in [0.4, 0.5) is 0 Å². The van der Waals surface area contributed by atoms with E-state index in [0.29, 0.717) is 19.1 Å². The van der Waals surface area contributed by atoms with Crippen molar-refractivity contribution in [2.24, 2.45) is 0 Å². The number of para-hydroxylation sites is 1. The molecule has 0 spiro atoms. The van der Waals surface area contributed by atoms with E-state index >= 15 is 0 Å². The average molecular weight is 461 g/mol. The van der Waals surface area contributed by atoms with Gasteiger partial charge in [-0.1, -0.05) is 18.2 Å². The maximum atomic E-state index is 11.2. The molecule has 0 amide bonds. The minimum atomic E-state index is -3.15. The van der Waals surface area contributed by atoms with E-state index in [4.69, 9.17) is 4.42 Å². The van der Waals surface area contributed by atoms with E-state index in [0.717, 1.165) is 48.2 Å². The molecule has 1 unspecified atom stereocenters. The summed E-state index contributed by atoms with van der Waals surface area (Å²) in [6.07, 6.45) is 3.04. The van der Waals surface area contributed by atoms with Crippen LogP contribution in [-0.2, 0) is 10.0 Å². The minimum Gasteiger partial charge on any atom is -0.459 e. The van der Waals surface area contributed by atoms with E-state index in [1.54, 1.807) is 0 Å². The van der Waals surface area contributed by atoms with Crippen molar-refractivity contribution >= 4 is 45.8 Å². The smallest absolute Gasteiger partial charge is 0.208 e. The topological polar surface area (TPSA) is 98.4 Å². The van der Waals surface area contributed by atoms with Gasteiger partial charge in [-0.15, -0.1) is 24.8 Å². The lowest BCUT2D eigenvalue weighted by Gasteiger charge is -2.42. The van der Waals surface area contributed by atoms with Gasteiger partial charge in [0.2, 0.25) is 10.0 Å². The molecule has 160 valence electrons. The Morgan fingerprint density at radius 2 is 2.03 bits per heavy atom. The maximum Gasteiger partial charge on any atom is 0.208 e. The van der Waals surface area contributed by atoms with Crippen LogP contribution in [0.1, 0.15) is 36.1 Å². The monoisotopic (exact) mass is 460 g/mol. The lowest BCUT2D eigenvalue weighted by molar-refractivity contribution is 0.0947. The zero-order valence-electron chi connectivity index (χ0n) is 16.1. The quantitative estimate of drug-likeness (QED) is 0.665. The van der Waals surface area contributed by atoms with E-state index in [1.165, 1.54) is 6.26 Å². The number of rotatable bonds is 5. The summed E-state index contributed by atoms with van der Waals surface area (Å²) in [4.78, 5) is 2.35. The zero-order chi connectivity index (χ0) is 19.0. The van der Waals surface area contributed by atoms with Crippen molar-refractivity contribution in [1.82, 2.24) is 14.9 Å². The summed E-state index contributed by atoms with van der Waals surface area (Å²) < 4.78 is 31.0. The molecule has 3 heterocycles. The van der Waals surface area contributed by atoms with Gasteiger partial charge in [-0.2, -0.15) is 5.26 Å². The molecule has 2 aliphatic heterocycles. The third-order valence-corrected chi connectivity index (χ3v) is 6.25. The van der Waals surface area contributed by atoms with E-state index < -0.39 is 10.0 Å². The summed E-state index contributed by atoms with van der Waals surface area (Å²) in [5, 5.41) is 14.2. The van der Waals surface area contributed by atoms with Crippen LogP contribution >= 0.6 is 24.8 Å². The first-order valence-electron chi connectivity index (χ1n) is 9.29. The molecule has 1 fully saturated rings. The van der Waals surface area contributed by atoms with Gasteiger partial charge in [0.1, 0.15) is 11.3 Å². The number of nitrogens with one attached hydrogen (secondary N) is 2. The number of hydrogen-bond donors (Lipinski definition) is 2. The van der Waals surface area contributed by atoms with Crippen molar-refractivity contribution in [3.8, 4) is 6.07 Å². The fourth-order valence-corrected chi connectivity index (χ4v) is 4.80. The van der Waals surface area contributed by atoms with Crippen LogP contribution in [0.15, 0.2) is 28.7 Å². The highest BCUT2D eigenvalue weighted by Crippen LogP contribution is 2.45. The van der Waals surface area contributed by atoms with Crippen molar-refractivity contribution in [2.45, 2.75) is 30.8 Å². The van der Waals surface area contributed by atoms with Gasteiger partial charge >= 0.3 is 0 Å². The van der Waals surface area contributed by atoms with E-state index in [2.05, 4.69) is 21.0 Å². The molecule has 0 saturated carbocycles. The fourth-order valence-electron chi connectivity index (χ4n) is 4.33. The van der Waals surface area contributed by atoms with Gasteiger partial charge < -0.3 is 9.73 Å². The number of piperidine rings is 1. The molecule has 0 bridgehead atoms. The van der Waals surface area contributed by atoms with Gasteiger partial charge in [-0.05, 0) is 18.9 Å². The summed E-state index contributed by atoms with van der Waals surface area (Å²) in [7, 11) is -3.15. The molecule has 0 radical (unpaired) electrons. The predicted molar refractivity (Wildman–Crippen MR) is 117 cm³/mol. The van der Waals surface area contributed by atoms with Crippen molar-refractivity contribution in [3.63, 3.8) is 0 Å². The molecule has 3 atom stereocenters. The number of sulfonamides is 1. The van der Waals surface area contributed by atoms with Crippen LogP contribution in [0.3, 0.4) is 0 Å². The van der Waals surface area contributed by atoms with Gasteiger partial charge in [0.05, 0.1) is 24.3 Å². The molecule has 1 aromatic carbocycles. The first kappa shape index (κ1) is 23.9. The van der Waals surface area contributed by atoms with Crippen LogP contribution < -0.4 is 10.0 Å². The van der Waals surface area contributed by atoms with Crippen LogP contribution in [-0.4, -0.2) is 51.8 Å². The Labute approximate surface area is 183 Å². The molecule has 7 nitrogen and oxygen atoms in total. The number of halogens is 2. The Balaban J connectivity index is 0.00000150. The molecule has 1 saturated heterocycles. The number of nitrogens with zero attached hydrogens (tertiary/aromatic N) is 2. The second-order valence-corrected chi connectivity index (χ2v) is 9.24. The second kappa shape index (κ2) is 9.65. The molecular weight excluding hydrogens is 435 g/mol. The molecule has 10 heteroatoms. The van der Waals surface area contributed by atoms with Gasteiger partial charge in [0.25, 0.3) is 0 Å². The molecule has 2 N–H and O–H groups in total. The van der Waals surface area contributed by atoms with Crippen molar-refractivity contribution < 1.29 is 12.8 Å². The van der Waals surface area contributed by atoms with Crippen molar-refractivity contribution in [3.05, 3.63) is 35.6 Å². The highest BCUT2D eigenvalue weighted by atomic mass is 35.5. The second-order valence-electron chi connectivity index (χ2n) is 7.41. The fraction of sp³-hybridized carbons (Fsp3) is 0.526. The van der Waals surface area contributed by atoms with Gasteiger partial charge in [0, 0.05) is 43.2 Å². The lowest BCUT2D eigenvalue weighted by atomic mass is 9.84. The Morgan fingerprint density at radius 3 is 2.76 bits per heavy atom. The molecule has 2 aliphatic rings. The third kappa shape index (κ3) is 5.05. The van der Waals surface area contributed by atoms with Crippen LogP contribution in [0.25, 0.3) is 11.0 Å².